The first-order valence-electron chi connectivity index (χ1n) is 6.07. The van der Waals surface area contributed by atoms with E-state index in [1.54, 1.807) is 0 Å². The van der Waals surface area contributed by atoms with Crippen molar-refractivity contribution < 1.29 is 18.7 Å². The maximum absolute atomic E-state index is 13.6. The van der Waals surface area contributed by atoms with Crippen LogP contribution in [0.15, 0.2) is 16.6 Å². The summed E-state index contributed by atoms with van der Waals surface area (Å²) >= 11 is 3.17. The summed E-state index contributed by atoms with van der Waals surface area (Å²) in [5, 5.41) is 5.53. The second-order valence-electron chi connectivity index (χ2n) is 4.01. The molecule has 0 aliphatic rings. The molecule has 0 bridgehead atoms. The van der Waals surface area contributed by atoms with E-state index in [2.05, 4.69) is 31.3 Å². The fourth-order valence-corrected chi connectivity index (χ4v) is 1.91. The van der Waals surface area contributed by atoms with Gasteiger partial charge in [-0.15, -0.1) is 0 Å². The highest BCUT2D eigenvalue weighted by Crippen LogP contribution is 2.26. The zero-order valence-corrected chi connectivity index (χ0v) is 12.8. The number of hydrogen-bond donors (Lipinski definition) is 2. The molecule has 0 saturated heterocycles. The molecule has 0 fully saturated rings. The number of esters is 1. The predicted molar refractivity (Wildman–Crippen MR) is 77.2 cm³/mol. The van der Waals surface area contributed by atoms with Crippen molar-refractivity contribution in [2.45, 2.75) is 13.3 Å². The van der Waals surface area contributed by atoms with Crippen molar-refractivity contribution in [3.63, 3.8) is 0 Å². The fraction of sp³-hybridized carbons (Fsp3) is 0.385. The minimum absolute atomic E-state index is 0.0326. The standard InChI is InChI=1S/C13H16BrFN2O3/c1-3-4-16-12(18)7-17-11-5-8(13(19)20-2)10(15)6-9(11)14/h5-6,17H,3-4,7H2,1-2H3,(H,16,18). The van der Waals surface area contributed by atoms with Crippen LogP contribution in [0.25, 0.3) is 0 Å². The van der Waals surface area contributed by atoms with Gasteiger partial charge in [0.25, 0.3) is 0 Å². The number of halogens is 2. The molecule has 0 saturated carbocycles. The van der Waals surface area contributed by atoms with E-state index >= 15 is 0 Å². The van der Waals surface area contributed by atoms with E-state index in [-0.39, 0.29) is 18.0 Å². The number of carbonyl (C=O) groups is 2. The van der Waals surface area contributed by atoms with Gasteiger partial charge in [-0.1, -0.05) is 6.92 Å². The van der Waals surface area contributed by atoms with E-state index < -0.39 is 11.8 Å². The summed E-state index contributed by atoms with van der Waals surface area (Å²) in [4.78, 5) is 22.9. The minimum atomic E-state index is -0.770. The van der Waals surface area contributed by atoms with Gasteiger partial charge in [0.2, 0.25) is 5.91 Å². The molecule has 7 heteroatoms. The number of amides is 1. The molecule has 0 heterocycles. The summed E-state index contributed by atoms with van der Waals surface area (Å²) in [5.74, 6) is -1.64. The number of methoxy groups -OCH3 is 1. The molecule has 1 rings (SSSR count). The Bertz CT molecular complexity index is 509. The number of hydrogen-bond acceptors (Lipinski definition) is 4. The van der Waals surface area contributed by atoms with Gasteiger partial charge >= 0.3 is 5.97 Å². The number of rotatable bonds is 6. The number of anilines is 1. The predicted octanol–water partition coefficient (Wildman–Crippen LogP) is 2.31. The lowest BCUT2D eigenvalue weighted by Gasteiger charge is -2.11. The third-order valence-electron chi connectivity index (χ3n) is 2.47. The average molecular weight is 347 g/mol. The van der Waals surface area contributed by atoms with Crippen LogP contribution < -0.4 is 10.6 Å². The Kier molecular flexibility index (Phi) is 6.44. The second kappa shape index (κ2) is 7.84. The van der Waals surface area contributed by atoms with Crippen LogP contribution in [0, 0.1) is 5.82 Å². The van der Waals surface area contributed by atoms with E-state index in [0.29, 0.717) is 16.7 Å². The molecule has 0 aromatic heterocycles. The minimum Gasteiger partial charge on any atom is -0.465 e. The summed E-state index contributed by atoms with van der Waals surface area (Å²) in [6.45, 7) is 2.58. The highest BCUT2D eigenvalue weighted by atomic mass is 79.9. The SMILES string of the molecule is CCCNC(=O)CNc1cc(C(=O)OC)c(F)cc1Br. The van der Waals surface area contributed by atoms with Crippen LogP contribution in [0.2, 0.25) is 0 Å². The molecule has 0 aliphatic heterocycles. The summed E-state index contributed by atoms with van der Waals surface area (Å²) < 4.78 is 18.5. The van der Waals surface area contributed by atoms with Gasteiger partial charge in [0.15, 0.2) is 0 Å². The number of carbonyl (C=O) groups excluding carboxylic acids is 2. The van der Waals surface area contributed by atoms with Gasteiger partial charge in [-0.25, -0.2) is 9.18 Å². The molecule has 0 atom stereocenters. The molecule has 0 unspecified atom stereocenters. The van der Waals surface area contributed by atoms with Gasteiger partial charge in [-0.2, -0.15) is 0 Å². The first-order valence-corrected chi connectivity index (χ1v) is 6.86. The summed E-state index contributed by atoms with van der Waals surface area (Å²) in [6, 6.07) is 2.46. The molecular formula is C13H16BrFN2O3. The maximum Gasteiger partial charge on any atom is 0.340 e. The van der Waals surface area contributed by atoms with Gasteiger partial charge < -0.3 is 15.4 Å². The van der Waals surface area contributed by atoms with E-state index in [9.17, 15) is 14.0 Å². The van der Waals surface area contributed by atoms with Crippen LogP contribution in [0.4, 0.5) is 10.1 Å². The van der Waals surface area contributed by atoms with Crippen molar-refractivity contribution in [1.29, 1.82) is 0 Å². The lowest BCUT2D eigenvalue weighted by Crippen LogP contribution is -2.30. The summed E-state index contributed by atoms with van der Waals surface area (Å²) in [7, 11) is 1.18. The van der Waals surface area contributed by atoms with Gasteiger partial charge in [0, 0.05) is 16.7 Å². The van der Waals surface area contributed by atoms with E-state index in [1.165, 1.54) is 13.2 Å². The van der Waals surface area contributed by atoms with Crippen molar-refractivity contribution in [3.05, 3.63) is 28.0 Å². The zero-order chi connectivity index (χ0) is 15.1. The van der Waals surface area contributed by atoms with Crippen LogP contribution in [0.3, 0.4) is 0 Å². The maximum atomic E-state index is 13.6. The average Bonchev–Trinajstić information content (AvgIpc) is 2.43. The molecule has 5 nitrogen and oxygen atoms in total. The number of nitrogens with one attached hydrogen (secondary N) is 2. The number of benzene rings is 1. The van der Waals surface area contributed by atoms with Crippen LogP contribution >= 0.6 is 15.9 Å². The molecule has 1 aromatic rings. The van der Waals surface area contributed by atoms with Crippen molar-refractivity contribution in [1.82, 2.24) is 5.32 Å². The lowest BCUT2D eigenvalue weighted by molar-refractivity contribution is -0.119. The Labute approximate surface area is 125 Å². The van der Waals surface area contributed by atoms with Gasteiger partial charge in [0.1, 0.15) is 5.82 Å². The number of ether oxygens (including phenoxy) is 1. The molecule has 0 aliphatic carbocycles. The van der Waals surface area contributed by atoms with Crippen LogP contribution in [0.5, 0.6) is 0 Å². The lowest BCUT2D eigenvalue weighted by atomic mass is 10.2. The molecule has 0 radical (unpaired) electrons. The Balaban J connectivity index is 2.79. The molecule has 2 N–H and O–H groups in total. The Hall–Kier alpha value is -1.63. The molecule has 110 valence electrons. The van der Waals surface area contributed by atoms with E-state index in [1.807, 2.05) is 6.92 Å². The van der Waals surface area contributed by atoms with Gasteiger partial charge in [-0.05, 0) is 34.5 Å². The quantitative estimate of drug-likeness (QED) is 0.775. The van der Waals surface area contributed by atoms with Crippen molar-refractivity contribution in [2.24, 2.45) is 0 Å². The van der Waals surface area contributed by atoms with Crippen molar-refractivity contribution in [3.8, 4) is 0 Å². The van der Waals surface area contributed by atoms with Gasteiger partial charge in [0.05, 0.1) is 19.2 Å². The van der Waals surface area contributed by atoms with Crippen molar-refractivity contribution >= 4 is 33.5 Å². The monoisotopic (exact) mass is 346 g/mol. The molecule has 0 spiro atoms. The third kappa shape index (κ3) is 4.48. The zero-order valence-electron chi connectivity index (χ0n) is 11.3. The summed E-state index contributed by atoms with van der Waals surface area (Å²) in [6.07, 6.45) is 0.846. The Morgan fingerprint density at radius 1 is 1.40 bits per heavy atom. The van der Waals surface area contributed by atoms with Crippen LogP contribution in [0.1, 0.15) is 23.7 Å². The van der Waals surface area contributed by atoms with Crippen molar-refractivity contribution in [2.75, 3.05) is 25.5 Å². The topological polar surface area (TPSA) is 67.4 Å². The second-order valence-corrected chi connectivity index (χ2v) is 4.86. The Morgan fingerprint density at radius 2 is 2.10 bits per heavy atom. The normalized spacial score (nSPS) is 10.0. The fourth-order valence-electron chi connectivity index (χ4n) is 1.45. The summed E-state index contributed by atoms with van der Waals surface area (Å²) in [5.41, 5.74) is 0.255. The van der Waals surface area contributed by atoms with Gasteiger partial charge in [-0.3, -0.25) is 4.79 Å². The van der Waals surface area contributed by atoms with E-state index in [4.69, 9.17) is 0 Å². The highest BCUT2D eigenvalue weighted by Gasteiger charge is 2.15. The highest BCUT2D eigenvalue weighted by molar-refractivity contribution is 9.10. The van der Waals surface area contributed by atoms with Crippen LogP contribution in [-0.2, 0) is 9.53 Å². The Morgan fingerprint density at radius 3 is 2.70 bits per heavy atom. The first kappa shape index (κ1) is 16.4. The first-order chi connectivity index (χ1) is 9.49. The van der Waals surface area contributed by atoms with Crippen LogP contribution in [-0.4, -0.2) is 32.1 Å². The molecule has 20 heavy (non-hydrogen) atoms. The van der Waals surface area contributed by atoms with E-state index in [0.717, 1.165) is 12.5 Å². The molecular weight excluding hydrogens is 331 g/mol. The molecule has 1 aromatic carbocycles. The molecule has 1 amide bonds. The largest absolute Gasteiger partial charge is 0.465 e. The third-order valence-corrected chi connectivity index (χ3v) is 3.13. The smallest absolute Gasteiger partial charge is 0.340 e.